The maximum absolute atomic E-state index is 9.72. The second kappa shape index (κ2) is 5.70. The van der Waals surface area contributed by atoms with Crippen molar-refractivity contribution in [3.8, 4) is 0 Å². The van der Waals surface area contributed by atoms with Gasteiger partial charge in [-0.15, -0.1) is 0 Å². The van der Waals surface area contributed by atoms with E-state index in [1.54, 1.807) is 0 Å². The highest BCUT2D eigenvalue weighted by molar-refractivity contribution is 5.83. The van der Waals surface area contributed by atoms with Gasteiger partial charge in [0.2, 0.25) is 0 Å². The summed E-state index contributed by atoms with van der Waals surface area (Å²) in [6, 6.07) is 14.8. The van der Waals surface area contributed by atoms with Crippen LogP contribution in [-0.4, -0.2) is 42.9 Å². The van der Waals surface area contributed by atoms with Crippen molar-refractivity contribution in [2.75, 3.05) is 32.9 Å². The van der Waals surface area contributed by atoms with Gasteiger partial charge < -0.3 is 9.84 Å². The molecule has 0 saturated carbocycles. The Balaban J connectivity index is 1.91. The minimum Gasteiger partial charge on any atom is -0.394 e. The Kier molecular flexibility index (Phi) is 3.78. The highest BCUT2D eigenvalue weighted by Gasteiger charge is 2.21. The van der Waals surface area contributed by atoms with Gasteiger partial charge in [0.15, 0.2) is 0 Å². The lowest BCUT2D eigenvalue weighted by Gasteiger charge is -2.33. The molecule has 0 aromatic heterocycles. The lowest BCUT2D eigenvalue weighted by Crippen LogP contribution is -2.40. The summed E-state index contributed by atoms with van der Waals surface area (Å²) < 4.78 is 5.38. The van der Waals surface area contributed by atoms with Crippen LogP contribution in [0.15, 0.2) is 42.5 Å². The second-order valence-electron chi connectivity index (χ2n) is 4.95. The molecule has 0 radical (unpaired) electrons. The number of fused-ring (bicyclic) bond motifs is 1. The topological polar surface area (TPSA) is 32.7 Å². The van der Waals surface area contributed by atoms with Crippen LogP contribution in [0.3, 0.4) is 0 Å². The van der Waals surface area contributed by atoms with Gasteiger partial charge in [0.1, 0.15) is 0 Å². The molecule has 3 nitrogen and oxygen atoms in total. The van der Waals surface area contributed by atoms with Gasteiger partial charge >= 0.3 is 0 Å². The first-order valence-electron chi connectivity index (χ1n) is 6.80. The standard InChI is InChI=1S/C16H19NO2/c18-12-16(17-7-9-19-10-8-17)15-6-5-13-3-1-2-4-14(13)11-15/h1-6,11,16,18H,7-10,12H2. The van der Waals surface area contributed by atoms with Crippen LogP contribution >= 0.6 is 0 Å². The Morgan fingerprint density at radius 3 is 2.53 bits per heavy atom. The van der Waals surface area contributed by atoms with Crippen molar-refractivity contribution in [1.82, 2.24) is 4.90 Å². The lowest BCUT2D eigenvalue weighted by atomic mass is 10.0. The largest absolute Gasteiger partial charge is 0.394 e. The normalized spacial score (nSPS) is 18.6. The predicted molar refractivity (Wildman–Crippen MR) is 76.2 cm³/mol. The number of nitrogens with zero attached hydrogens (tertiary/aromatic N) is 1. The van der Waals surface area contributed by atoms with Crippen LogP contribution in [0.4, 0.5) is 0 Å². The smallest absolute Gasteiger partial charge is 0.0628 e. The molecule has 3 rings (SSSR count). The molecule has 0 bridgehead atoms. The minimum absolute atomic E-state index is 0.0773. The van der Waals surface area contributed by atoms with Crippen molar-refractivity contribution in [2.45, 2.75) is 6.04 Å². The van der Waals surface area contributed by atoms with Gasteiger partial charge in [-0.25, -0.2) is 0 Å². The number of aliphatic hydroxyl groups is 1. The molecule has 3 heteroatoms. The fourth-order valence-electron chi connectivity index (χ4n) is 2.74. The Bertz CT molecular complexity index is 549. The van der Waals surface area contributed by atoms with Gasteiger partial charge in [0.05, 0.1) is 25.9 Å². The first-order chi connectivity index (χ1) is 9.38. The Morgan fingerprint density at radius 2 is 1.79 bits per heavy atom. The minimum atomic E-state index is 0.0773. The molecule has 1 atom stereocenters. The van der Waals surface area contributed by atoms with Crippen molar-refractivity contribution in [3.63, 3.8) is 0 Å². The summed E-state index contributed by atoms with van der Waals surface area (Å²) in [4.78, 5) is 2.30. The summed E-state index contributed by atoms with van der Waals surface area (Å²) in [5.41, 5.74) is 1.18. The number of benzene rings is 2. The molecule has 0 spiro atoms. The van der Waals surface area contributed by atoms with Crippen molar-refractivity contribution >= 4 is 10.8 Å². The molecule has 2 aromatic carbocycles. The first-order valence-corrected chi connectivity index (χ1v) is 6.80. The number of aliphatic hydroxyl groups excluding tert-OH is 1. The van der Waals surface area contributed by atoms with E-state index in [0.29, 0.717) is 0 Å². The van der Waals surface area contributed by atoms with E-state index in [9.17, 15) is 5.11 Å². The van der Waals surface area contributed by atoms with E-state index >= 15 is 0 Å². The third-order valence-corrected chi connectivity index (χ3v) is 3.82. The molecule has 100 valence electrons. The lowest BCUT2D eigenvalue weighted by molar-refractivity contribution is 0.00263. The number of rotatable bonds is 3. The molecule has 1 heterocycles. The maximum Gasteiger partial charge on any atom is 0.0628 e. The van der Waals surface area contributed by atoms with Crippen LogP contribution in [0.5, 0.6) is 0 Å². The van der Waals surface area contributed by atoms with Crippen LogP contribution in [0, 0.1) is 0 Å². The van der Waals surface area contributed by atoms with Crippen molar-refractivity contribution in [3.05, 3.63) is 48.0 Å². The summed E-state index contributed by atoms with van der Waals surface area (Å²) in [5, 5.41) is 12.2. The maximum atomic E-state index is 9.72. The number of ether oxygens (including phenoxy) is 1. The number of morpholine rings is 1. The van der Waals surface area contributed by atoms with E-state index in [1.807, 2.05) is 6.07 Å². The Morgan fingerprint density at radius 1 is 1.05 bits per heavy atom. The van der Waals surface area contributed by atoms with Gasteiger partial charge in [-0.3, -0.25) is 4.90 Å². The molecule has 0 amide bonds. The molecule has 1 fully saturated rings. The van der Waals surface area contributed by atoms with Gasteiger partial charge in [-0.1, -0.05) is 36.4 Å². The summed E-state index contributed by atoms with van der Waals surface area (Å²) >= 11 is 0. The molecule has 1 aliphatic rings. The van der Waals surface area contributed by atoms with Gasteiger partial charge in [-0.05, 0) is 22.4 Å². The van der Waals surface area contributed by atoms with Crippen LogP contribution < -0.4 is 0 Å². The SMILES string of the molecule is OCC(c1ccc2ccccc2c1)N1CCOCC1. The molecular weight excluding hydrogens is 238 g/mol. The Hall–Kier alpha value is -1.42. The van der Waals surface area contributed by atoms with E-state index in [-0.39, 0.29) is 12.6 Å². The molecule has 1 aliphatic heterocycles. The van der Waals surface area contributed by atoms with Gasteiger partial charge in [-0.2, -0.15) is 0 Å². The summed E-state index contributed by atoms with van der Waals surface area (Å²) in [5.74, 6) is 0. The second-order valence-corrected chi connectivity index (χ2v) is 4.95. The van der Waals surface area contributed by atoms with Crippen molar-refractivity contribution in [1.29, 1.82) is 0 Å². The van der Waals surface area contributed by atoms with Crippen LogP contribution in [0.2, 0.25) is 0 Å². The van der Waals surface area contributed by atoms with E-state index < -0.39 is 0 Å². The molecule has 1 unspecified atom stereocenters. The van der Waals surface area contributed by atoms with E-state index in [0.717, 1.165) is 26.3 Å². The summed E-state index contributed by atoms with van der Waals surface area (Å²) in [6.45, 7) is 3.43. The molecule has 1 N–H and O–H groups in total. The highest BCUT2D eigenvalue weighted by atomic mass is 16.5. The zero-order valence-corrected chi connectivity index (χ0v) is 11.0. The summed E-state index contributed by atoms with van der Waals surface area (Å²) in [7, 11) is 0. The van der Waals surface area contributed by atoms with Crippen LogP contribution in [0.25, 0.3) is 10.8 Å². The first kappa shape index (κ1) is 12.6. The van der Waals surface area contributed by atoms with E-state index in [2.05, 4.69) is 41.3 Å². The van der Waals surface area contributed by atoms with Gasteiger partial charge in [0.25, 0.3) is 0 Å². The summed E-state index contributed by atoms with van der Waals surface area (Å²) in [6.07, 6.45) is 0. The third-order valence-electron chi connectivity index (χ3n) is 3.82. The highest BCUT2D eigenvalue weighted by Crippen LogP contribution is 2.25. The van der Waals surface area contributed by atoms with Gasteiger partial charge in [0, 0.05) is 13.1 Å². The van der Waals surface area contributed by atoms with E-state index in [1.165, 1.54) is 16.3 Å². The molecular formula is C16H19NO2. The van der Waals surface area contributed by atoms with Crippen molar-refractivity contribution < 1.29 is 9.84 Å². The monoisotopic (exact) mass is 257 g/mol. The Labute approximate surface area is 113 Å². The zero-order valence-electron chi connectivity index (χ0n) is 11.0. The quantitative estimate of drug-likeness (QED) is 0.915. The molecule has 2 aromatic rings. The predicted octanol–water partition coefficient (Wildman–Crippen LogP) is 2.21. The number of hydrogen-bond donors (Lipinski definition) is 1. The number of hydrogen-bond acceptors (Lipinski definition) is 3. The molecule has 0 aliphatic carbocycles. The fraction of sp³-hybridized carbons (Fsp3) is 0.375. The zero-order chi connectivity index (χ0) is 13.1. The van der Waals surface area contributed by atoms with E-state index in [4.69, 9.17) is 4.74 Å². The average molecular weight is 257 g/mol. The van der Waals surface area contributed by atoms with Crippen molar-refractivity contribution in [2.24, 2.45) is 0 Å². The molecule has 1 saturated heterocycles. The average Bonchev–Trinajstić information content (AvgIpc) is 2.49. The van der Waals surface area contributed by atoms with Crippen LogP contribution in [-0.2, 0) is 4.74 Å². The third kappa shape index (κ3) is 2.63. The van der Waals surface area contributed by atoms with Crippen LogP contribution in [0.1, 0.15) is 11.6 Å². The molecule has 19 heavy (non-hydrogen) atoms. The fourth-order valence-corrected chi connectivity index (χ4v) is 2.74.